The van der Waals surface area contributed by atoms with Gasteiger partial charge < -0.3 is 24.8 Å². The van der Waals surface area contributed by atoms with Gasteiger partial charge in [-0.2, -0.15) is 5.10 Å². The van der Waals surface area contributed by atoms with Crippen molar-refractivity contribution in [1.29, 1.82) is 0 Å². The zero-order valence-electron chi connectivity index (χ0n) is 19.0. The van der Waals surface area contributed by atoms with Crippen LogP contribution in [0.2, 0.25) is 0 Å². The smallest absolute Gasteiger partial charge is 0.409 e. The highest BCUT2D eigenvalue weighted by atomic mass is 16.6. The molecule has 178 valence electrons. The highest BCUT2D eigenvalue weighted by Crippen LogP contribution is 2.45. The third kappa shape index (κ3) is 4.07. The second kappa shape index (κ2) is 8.98. The number of aliphatic hydroxyl groups excluding tert-OH is 1. The van der Waals surface area contributed by atoms with Gasteiger partial charge in [-0.15, -0.1) is 0 Å². The molecule has 1 unspecified atom stereocenters. The number of carbonyl (C=O) groups excluding carboxylic acids is 2. The highest BCUT2D eigenvalue weighted by molar-refractivity contribution is 6.05. The van der Waals surface area contributed by atoms with Crippen molar-refractivity contribution < 1.29 is 24.2 Å². The van der Waals surface area contributed by atoms with E-state index in [1.165, 1.54) is 0 Å². The summed E-state index contributed by atoms with van der Waals surface area (Å²) in [5.41, 5.74) is 2.30. The number of aromatic amines is 1. The average molecular weight is 465 g/mol. The summed E-state index contributed by atoms with van der Waals surface area (Å²) in [5.74, 6) is 0.485. The number of ether oxygens (including phenoxy) is 2. The number of nitrogens with zero attached hydrogens (tertiary/aromatic N) is 2. The molecule has 1 aromatic heterocycles. The number of piperidine rings is 1. The lowest BCUT2D eigenvalue weighted by atomic mass is 9.80. The van der Waals surface area contributed by atoms with Crippen LogP contribution in [0.3, 0.4) is 0 Å². The van der Waals surface area contributed by atoms with Gasteiger partial charge in [0.15, 0.2) is 0 Å². The van der Waals surface area contributed by atoms with Crippen molar-refractivity contribution >= 4 is 22.9 Å². The van der Waals surface area contributed by atoms with E-state index in [4.69, 9.17) is 9.47 Å². The van der Waals surface area contributed by atoms with Gasteiger partial charge in [0.2, 0.25) is 0 Å². The molecule has 0 saturated carbocycles. The molecule has 2 aliphatic heterocycles. The van der Waals surface area contributed by atoms with Gasteiger partial charge >= 0.3 is 6.09 Å². The lowest BCUT2D eigenvalue weighted by Crippen LogP contribution is -2.53. The summed E-state index contributed by atoms with van der Waals surface area (Å²) in [5, 5.41) is 20.7. The van der Waals surface area contributed by atoms with E-state index < -0.39 is 5.60 Å². The number of hydrogen-bond donors (Lipinski definition) is 3. The lowest BCUT2D eigenvalue weighted by Gasteiger charge is -2.46. The quantitative estimate of drug-likeness (QED) is 0.546. The second-order valence-electron chi connectivity index (χ2n) is 8.87. The van der Waals surface area contributed by atoms with Crippen LogP contribution < -0.4 is 10.1 Å². The maximum atomic E-state index is 13.4. The Labute approximate surface area is 197 Å². The summed E-state index contributed by atoms with van der Waals surface area (Å²) >= 11 is 0. The van der Waals surface area contributed by atoms with Crippen LogP contribution in [-0.2, 0) is 11.3 Å². The van der Waals surface area contributed by atoms with Crippen LogP contribution in [0.25, 0.3) is 10.9 Å². The summed E-state index contributed by atoms with van der Waals surface area (Å²) < 4.78 is 11.6. The first-order chi connectivity index (χ1) is 16.5. The van der Waals surface area contributed by atoms with Gasteiger partial charge in [-0.05, 0) is 30.7 Å². The van der Waals surface area contributed by atoms with Crippen LogP contribution >= 0.6 is 0 Å². The summed E-state index contributed by atoms with van der Waals surface area (Å²) in [7, 11) is 0. The Kier molecular flexibility index (Phi) is 5.87. The van der Waals surface area contributed by atoms with Gasteiger partial charge in [0.05, 0.1) is 36.5 Å². The van der Waals surface area contributed by atoms with E-state index in [-0.39, 0.29) is 24.6 Å². The molecular weight excluding hydrogens is 436 g/mol. The molecule has 2 amide bonds. The topological polar surface area (TPSA) is 117 Å². The minimum Gasteiger partial charge on any atom is -0.487 e. The van der Waals surface area contributed by atoms with Crippen LogP contribution in [0.5, 0.6) is 5.75 Å². The number of amides is 2. The van der Waals surface area contributed by atoms with E-state index in [0.717, 1.165) is 16.5 Å². The van der Waals surface area contributed by atoms with E-state index in [9.17, 15) is 14.7 Å². The maximum Gasteiger partial charge on any atom is 0.409 e. The summed E-state index contributed by atoms with van der Waals surface area (Å²) in [4.78, 5) is 27.2. The Morgan fingerprint density at radius 2 is 2.12 bits per heavy atom. The largest absolute Gasteiger partial charge is 0.487 e. The molecule has 1 atom stereocenters. The van der Waals surface area contributed by atoms with E-state index in [2.05, 4.69) is 15.5 Å². The Morgan fingerprint density at radius 1 is 1.29 bits per heavy atom. The predicted molar refractivity (Wildman–Crippen MR) is 124 cm³/mol. The molecule has 5 rings (SSSR count). The molecule has 34 heavy (non-hydrogen) atoms. The van der Waals surface area contributed by atoms with Gasteiger partial charge in [0.25, 0.3) is 5.91 Å². The molecule has 1 fully saturated rings. The minimum absolute atomic E-state index is 0.0962. The number of aromatic nitrogens is 2. The zero-order valence-corrected chi connectivity index (χ0v) is 19.0. The van der Waals surface area contributed by atoms with Gasteiger partial charge in [0.1, 0.15) is 11.4 Å². The molecule has 3 N–H and O–H groups in total. The number of likely N-dealkylation sites (tertiary alicyclic amines) is 1. The van der Waals surface area contributed by atoms with Crippen LogP contribution in [0.4, 0.5) is 4.79 Å². The predicted octanol–water partition coefficient (Wildman–Crippen LogP) is 3.30. The molecule has 9 nitrogen and oxygen atoms in total. The second-order valence-corrected chi connectivity index (χ2v) is 8.87. The standard InChI is InChI=1S/C25H28N4O5/c1-2-33-24(32)29-10-8-25(9-11-29)13-20(19-12-16(15-30)6-7-21(19)34-25)27-23(31)18-5-3-4-17-14-26-28-22(17)18/h3-7,12,14,20,30H,2,8-11,13,15H2,1H3,(H,26,28)(H,27,31). The van der Waals surface area contributed by atoms with Crippen molar-refractivity contribution in [2.45, 2.75) is 44.4 Å². The highest BCUT2D eigenvalue weighted by Gasteiger charge is 2.44. The number of aliphatic hydroxyl groups is 1. The normalized spacial score (nSPS) is 18.9. The van der Waals surface area contributed by atoms with E-state index >= 15 is 0 Å². The summed E-state index contributed by atoms with van der Waals surface area (Å²) in [6, 6.07) is 10.8. The van der Waals surface area contributed by atoms with Crippen LogP contribution in [0.15, 0.2) is 42.6 Å². The van der Waals surface area contributed by atoms with Crippen molar-refractivity contribution in [2.75, 3.05) is 19.7 Å². The molecule has 0 bridgehead atoms. The van der Waals surface area contributed by atoms with E-state index in [0.29, 0.717) is 55.8 Å². The van der Waals surface area contributed by atoms with Gasteiger partial charge in [-0.1, -0.05) is 18.2 Å². The van der Waals surface area contributed by atoms with Crippen molar-refractivity contribution in [3.8, 4) is 5.75 Å². The number of H-pyrrole nitrogens is 1. The number of fused-ring (bicyclic) bond motifs is 2. The Bertz CT molecular complexity index is 1210. The SMILES string of the molecule is CCOC(=O)N1CCC2(CC1)CC(NC(=O)c1cccc3cn[nH]c13)c1cc(CO)ccc1O2. The Balaban J connectivity index is 1.42. The number of rotatable bonds is 4. The van der Waals surface area contributed by atoms with Crippen LogP contribution in [0, 0.1) is 0 Å². The molecule has 1 spiro atoms. The molecule has 1 saturated heterocycles. The molecule has 0 radical (unpaired) electrons. The van der Waals surface area contributed by atoms with Crippen LogP contribution in [0.1, 0.15) is 53.7 Å². The van der Waals surface area contributed by atoms with Crippen LogP contribution in [-0.4, -0.2) is 57.5 Å². The van der Waals surface area contributed by atoms with Crippen molar-refractivity contribution in [1.82, 2.24) is 20.4 Å². The molecule has 9 heteroatoms. The number of nitrogens with one attached hydrogen (secondary N) is 2. The maximum absolute atomic E-state index is 13.4. The minimum atomic E-state index is -0.505. The Hall–Kier alpha value is -3.59. The first-order valence-electron chi connectivity index (χ1n) is 11.6. The molecule has 2 aromatic carbocycles. The first-order valence-corrected chi connectivity index (χ1v) is 11.6. The van der Waals surface area contributed by atoms with Gasteiger partial charge in [-0.25, -0.2) is 4.79 Å². The van der Waals surface area contributed by atoms with Gasteiger partial charge in [0, 0.05) is 43.3 Å². The number of hydrogen-bond acceptors (Lipinski definition) is 6. The molecule has 2 aliphatic rings. The third-order valence-electron chi connectivity index (χ3n) is 6.76. The fraction of sp³-hybridized carbons (Fsp3) is 0.400. The van der Waals surface area contributed by atoms with E-state index in [1.807, 2.05) is 30.3 Å². The molecular formula is C25H28N4O5. The molecule has 0 aliphatic carbocycles. The number of para-hydroxylation sites is 1. The van der Waals surface area contributed by atoms with E-state index in [1.54, 1.807) is 24.1 Å². The third-order valence-corrected chi connectivity index (χ3v) is 6.76. The van der Waals surface area contributed by atoms with Crippen molar-refractivity contribution in [2.24, 2.45) is 0 Å². The van der Waals surface area contributed by atoms with Gasteiger partial charge in [-0.3, -0.25) is 9.89 Å². The number of carbonyl (C=O) groups is 2. The molecule has 3 aromatic rings. The summed E-state index contributed by atoms with van der Waals surface area (Å²) in [6.45, 7) is 3.09. The molecule has 3 heterocycles. The lowest BCUT2D eigenvalue weighted by molar-refractivity contribution is -0.0233. The fourth-order valence-corrected chi connectivity index (χ4v) is 4.96. The number of benzene rings is 2. The summed E-state index contributed by atoms with van der Waals surface area (Å²) in [6.07, 6.45) is 3.22. The van der Waals surface area contributed by atoms with Crippen molar-refractivity contribution in [3.05, 3.63) is 59.3 Å². The first kappa shape index (κ1) is 22.2. The monoisotopic (exact) mass is 464 g/mol. The zero-order chi connectivity index (χ0) is 23.7. The fourth-order valence-electron chi connectivity index (χ4n) is 4.96. The average Bonchev–Trinajstić information content (AvgIpc) is 3.33. The Morgan fingerprint density at radius 3 is 2.88 bits per heavy atom. The van der Waals surface area contributed by atoms with Crippen molar-refractivity contribution in [3.63, 3.8) is 0 Å².